The van der Waals surface area contributed by atoms with Gasteiger partial charge in [0.15, 0.2) is 0 Å². The molecule has 0 aliphatic heterocycles. The number of carbonyl (C=O) groups excluding carboxylic acids is 2. The SMILES string of the molecule is CC(=O)Nc1cccc(C(=O)N/N=C\c2ccc(OCc3ccccc3C#N)cc2)c1. The lowest BCUT2D eigenvalue weighted by Gasteiger charge is -2.07. The predicted octanol–water partition coefficient (Wildman–Crippen LogP) is 3.86. The first-order chi connectivity index (χ1) is 15.0. The molecule has 3 aromatic carbocycles. The minimum atomic E-state index is -0.389. The number of hydrogen-bond acceptors (Lipinski definition) is 5. The number of rotatable bonds is 7. The summed E-state index contributed by atoms with van der Waals surface area (Å²) in [5.74, 6) is 0.0561. The highest BCUT2D eigenvalue weighted by Gasteiger charge is 2.06. The highest BCUT2D eigenvalue weighted by Crippen LogP contribution is 2.15. The lowest BCUT2D eigenvalue weighted by atomic mass is 10.1. The van der Waals surface area contributed by atoms with Gasteiger partial charge in [-0.25, -0.2) is 5.43 Å². The van der Waals surface area contributed by atoms with Gasteiger partial charge in [-0.3, -0.25) is 9.59 Å². The average Bonchev–Trinajstić information content (AvgIpc) is 2.78. The second-order valence-corrected chi connectivity index (χ2v) is 6.59. The molecule has 0 aliphatic rings. The molecule has 0 aliphatic carbocycles. The summed E-state index contributed by atoms with van der Waals surface area (Å²) in [7, 11) is 0. The Labute approximate surface area is 180 Å². The molecule has 2 amide bonds. The van der Waals surface area contributed by atoms with Crippen molar-refractivity contribution in [2.75, 3.05) is 5.32 Å². The molecule has 7 nitrogen and oxygen atoms in total. The number of nitrogens with zero attached hydrogens (tertiary/aromatic N) is 2. The summed E-state index contributed by atoms with van der Waals surface area (Å²) >= 11 is 0. The molecule has 154 valence electrons. The van der Waals surface area contributed by atoms with Crippen LogP contribution in [0.2, 0.25) is 0 Å². The number of hydrogen-bond donors (Lipinski definition) is 2. The van der Waals surface area contributed by atoms with Crippen molar-refractivity contribution in [3.63, 3.8) is 0 Å². The number of anilines is 1. The summed E-state index contributed by atoms with van der Waals surface area (Å²) in [6, 6.07) is 23.2. The number of hydrazone groups is 1. The third-order valence-electron chi connectivity index (χ3n) is 4.24. The normalized spacial score (nSPS) is 10.3. The van der Waals surface area contributed by atoms with Crippen LogP contribution in [0.3, 0.4) is 0 Å². The highest BCUT2D eigenvalue weighted by molar-refractivity contribution is 5.97. The van der Waals surface area contributed by atoms with E-state index in [1.54, 1.807) is 54.6 Å². The molecule has 0 saturated carbocycles. The average molecular weight is 412 g/mol. The van der Waals surface area contributed by atoms with Gasteiger partial charge in [-0.2, -0.15) is 10.4 Å². The maximum atomic E-state index is 12.2. The van der Waals surface area contributed by atoms with Gasteiger partial charge in [0.2, 0.25) is 5.91 Å². The molecule has 7 heteroatoms. The zero-order valence-electron chi connectivity index (χ0n) is 16.8. The number of amides is 2. The van der Waals surface area contributed by atoms with Crippen LogP contribution in [0.1, 0.15) is 34.0 Å². The minimum absolute atomic E-state index is 0.211. The van der Waals surface area contributed by atoms with Crippen LogP contribution in [0.5, 0.6) is 5.75 Å². The first-order valence-electron chi connectivity index (χ1n) is 9.47. The molecule has 3 rings (SSSR count). The molecule has 2 N–H and O–H groups in total. The van der Waals surface area contributed by atoms with Crippen LogP contribution in [0.25, 0.3) is 0 Å². The third kappa shape index (κ3) is 6.27. The minimum Gasteiger partial charge on any atom is -0.489 e. The molecule has 0 unspecified atom stereocenters. The van der Waals surface area contributed by atoms with Crippen LogP contribution < -0.4 is 15.5 Å². The van der Waals surface area contributed by atoms with Crippen molar-refractivity contribution >= 4 is 23.7 Å². The van der Waals surface area contributed by atoms with E-state index in [2.05, 4.69) is 21.9 Å². The van der Waals surface area contributed by atoms with E-state index in [0.717, 1.165) is 11.1 Å². The van der Waals surface area contributed by atoms with Crippen molar-refractivity contribution in [2.24, 2.45) is 5.10 Å². The molecule has 3 aromatic rings. The van der Waals surface area contributed by atoms with E-state index in [9.17, 15) is 9.59 Å². The van der Waals surface area contributed by atoms with Gasteiger partial charge in [-0.1, -0.05) is 24.3 Å². The van der Waals surface area contributed by atoms with Gasteiger partial charge in [0.25, 0.3) is 5.91 Å². The lowest BCUT2D eigenvalue weighted by molar-refractivity contribution is -0.114. The number of nitrogens with one attached hydrogen (secondary N) is 2. The van der Waals surface area contributed by atoms with E-state index >= 15 is 0 Å². The summed E-state index contributed by atoms with van der Waals surface area (Å²) in [5, 5.41) is 15.7. The van der Waals surface area contributed by atoms with Gasteiger partial charge in [0, 0.05) is 23.7 Å². The maximum Gasteiger partial charge on any atom is 0.271 e. The van der Waals surface area contributed by atoms with Crippen LogP contribution >= 0.6 is 0 Å². The third-order valence-corrected chi connectivity index (χ3v) is 4.24. The smallest absolute Gasteiger partial charge is 0.271 e. The van der Waals surface area contributed by atoms with Crippen molar-refractivity contribution in [1.82, 2.24) is 5.43 Å². The van der Waals surface area contributed by atoms with E-state index in [1.807, 2.05) is 18.2 Å². The van der Waals surface area contributed by atoms with Crippen LogP contribution in [0, 0.1) is 11.3 Å². The fourth-order valence-corrected chi connectivity index (χ4v) is 2.74. The van der Waals surface area contributed by atoms with Gasteiger partial charge >= 0.3 is 0 Å². The van der Waals surface area contributed by atoms with E-state index in [-0.39, 0.29) is 11.8 Å². The van der Waals surface area contributed by atoms with Gasteiger partial charge in [-0.15, -0.1) is 0 Å². The highest BCUT2D eigenvalue weighted by atomic mass is 16.5. The van der Waals surface area contributed by atoms with E-state index in [1.165, 1.54) is 13.1 Å². The first-order valence-corrected chi connectivity index (χ1v) is 9.47. The van der Waals surface area contributed by atoms with E-state index in [4.69, 9.17) is 10.00 Å². The zero-order chi connectivity index (χ0) is 22.1. The van der Waals surface area contributed by atoms with Crippen molar-refractivity contribution < 1.29 is 14.3 Å². The van der Waals surface area contributed by atoms with Crippen LogP contribution in [0.15, 0.2) is 77.9 Å². The summed E-state index contributed by atoms with van der Waals surface area (Å²) in [4.78, 5) is 23.4. The van der Waals surface area contributed by atoms with Crippen molar-refractivity contribution in [2.45, 2.75) is 13.5 Å². The first kappa shape index (κ1) is 21.3. The molecule has 0 saturated heterocycles. The Morgan fingerprint density at radius 2 is 1.84 bits per heavy atom. The molecule has 0 atom stereocenters. The van der Waals surface area contributed by atoms with Gasteiger partial charge in [0.05, 0.1) is 17.8 Å². The molecule has 0 radical (unpaired) electrons. The van der Waals surface area contributed by atoms with Crippen molar-refractivity contribution in [3.05, 3.63) is 95.1 Å². The predicted molar refractivity (Wildman–Crippen MR) is 118 cm³/mol. The summed E-state index contributed by atoms with van der Waals surface area (Å²) < 4.78 is 5.73. The standard InChI is InChI=1S/C24H20N4O3/c1-17(29)27-22-8-4-7-19(13-22)24(30)28-26-15-18-9-11-23(12-10-18)31-16-21-6-3-2-5-20(21)14-25/h2-13,15H,16H2,1H3,(H,27,29)(H,28,30)/b26-15-. The Balaban J connectivity index is 1.54. The summed E-state index contributed by atoms with van der Waals surface area (Å²) in [6.07, 6.45) is 1.52. The Morgan fingerprint density at radius 1 is 1.06 bits per heavy atom. The fourth-order valence-electron chi connectivity index (χ4n) is 2.74. The summed E-state index contributed by atoms with van der Waals surface area (Å²) in [6.45, 7) is 1.70. The molecule has 0 aromatic heterocycles. The molecular weight excluding hydrogens is 392 g/mol. The second kappa shape index (κ2) is 10.4. The molecule has 0 spiro atoms. The molecule has 0 fully saturated rings. The largest absolute Gasteiger partial charge is 0.489 e. The quantitative estimate of drug-likeness (QED) is 0.454. The Morgan fingerprint density at radius 3 is 2.58 bits per heavy atom. The zero-order valence-corrected chi connectivity index (χ0v) is 16.8. The van der Waals surface area contributed by atoms with Crippen molar-refractivity contribution in [3.8, 4) is 11.8 Å². The number of carbonyl (C=O) groups is 2. The van der Waals surface area contributed by atoms with Crippen LogP contribution in [-0.4, -0.2) is 18.0 Å². The van der Waals surface area contributed by atoms with Gasteiger partial charge in [-0.05, 0) is 54.1 Å². The Hall–Kier alpha value is -4.44. The van der Waals surface area contributed by atoms with Crippen molar-refractivity contribution in [1.29, 1.82) is 5.26 Å². The van der Waals surface area contributed by atoms with E-state index < -0.39 is 0 Å². The molecular formula is C24H20N4O3. The van der Waals surface area contributed by atoms with Gasteiger partial charge in [0.1, 0.15) is 12.4 Å². The maximum absolute atomic E-state index is 12.2. The van der Waals surface area contributed by atoms with Crippen LogP contribution in [-0.2, 0) is 11.4 Å². The summed E-state index contributed by atoms with van der Waals surface area (Å²) in [5.41, 5.74) is 5.56. The molecule has 31 heavy (non-hydrogen) atoms. The van der Waals surface area contributed by atoms with E-state index in [0.29, 0.717) is 29.2 Å². The fraction of sp³-hybridized carbons (Fsp3) is 0.0833. The second-order valence-electron chi connectivity index (χ2n) is 6.59. The Kier molecular flexibility index (Phi) is 7.12. The van der Waals surface area contributed by atoms with Crippen LogP contribution in [0.4, 0.5) is 5.69 Å². The number of ether oxygens (including phenoxy) is 1. The molecule has 0 heterocycles. The monoisotopic (exact) mass is 412 g/mol. The number of nitriles is 1. The molecule has 0 bridgehead atoms. The number of benzene rings is 3. The van der Waals surface area contributed by atoms with Gasteiger partial charge < -0.3 is 10.1 Å². The lowest BCUT2D eigenvalue weighted by Crippen LogP contribution is -2.18. The Bertz CT molecular complexity index is 1150. The topological polar surface area (TPSA) is 104 Å².